The zero-order chi connectivity index (χ0) is 15.4. The van der Waals surface area contributed by atoms with E-state index in [-0.39, 0.29) is 0 Å². The topological polar surface area (TPSA) is 47.0 Å². The Morgan fingerprint density at radius 1 is 1.10 bits per heavy atom. The van der Waals surface area contributed by atoms with Gasteiger partial charge in [0.2, 0.25) is 0 Å². The van der Waals surface area contributed by atoms with Crippen molar-refractivity contribution >= 4 is 0 Å². The summed E-state index contributed by atoms with van der Waals surface area (Å²) in [5.74, 6) is 1.55. The molecular formula is C17H23N3O. The summed E-state index contributed by atoms with van der Waals surface area (Å²) in [5.41, 5.74) is 5.40. The lowest BCUT2D eigenvalue weighted by Crippen LogP contribution is -2.13. The molecule has 0 saturated heterocycles. The highest BCUT2D eigenvalue weighted by Crippen LogP contribution is 2.29. The number of nitrogens with zero attached hydrogens (tertiary/aromatic N) is 2. The van der Waals surface area contributed by atoms with Crippen molar-refractivity contribution in [1.29, 1.82) is 0 Å². The molecule has 0 radical (unpaired) electrons. The number of likely N-dealkylation sites (N-methyl/N-ethyl adjacent to an activating group) is 1. The first-order valence-corrected chi connectivity index (χ1v) is 7.20. The van der Waals surface area contributed by atoms with E-state index in [0.29, 0.717) is 0 Å². The van der Waals surface area contributed by atoms with Gasteiger partial charge in [-0.05, 0) is 64.0 Å². The molecule has 0 amide bonds. The van der Waals surface area contributed by atoms with E-state index in [0.717, 1.165) is 47.1 Å². The van der Waals surface area contributed by atoms with Crippen LogP contribution in [0.2, 0.25) is 0 Å². The molecule has 1 aromatic carbocycles. The third-order valence-electron chi connectivity index (χ3n) is 3.64. The summed E-state index contributed by atoms with van der Waals surface area (Å²) in [5, 5.41) is 3.17. The highest BCUT2D eigenvalue weighted by Gasteiger charge is 2.13. The third-order valence-corrected chi connectivity index (χ3v) is 3.64. The minimum Gasteiger partial charge on any atom is -0.496 e. The molecule has 0 aliphatic heterocycles. The molecule has 0 aliphatic rings. The van der Waals surface area contributed by atoms with Crippen molar-refractivity contribution in [2.45, 2.75) is 27.2 Å². The molecule has 0 spiro atoms. The fourth-order valence-electron chi connectivity index (χ4n) is 2.45. The van der Waals surface area contributed by atoms with Crippen LogP contribution in [0.5, 0.6) is 5.75 Å². The number of hydrogen-bond donors (Lipinski definition) is 1. The second-order valence-corrected chi connectivity index (χ2v) is 5.25. The van der Waals surface area contributed by atoms with Gasteiger partial charge in [-0.3, -0.25) is 0 Å². The fraction of sp³-hybridized carbons (Fsp3) is 0.412. The van der Waals surface area contributed by atoms with Crippen LogP contribution in [0, 0.1) is 20.8 Å². The maximum Gasteiger partial charge on any atom is 0.163 e. The van der Waals surface area contributed by atoms with E-state index in [9.17, 15) is 0 Å². The SMILES string of the molecule is CNCCc1c(C)nc(-c2ccc(C)cc2OC)nc1C. The van der Waals surface area contributed by atoms with E-state index >= 15 is 0 Å². The molecule has 0 fully saturated rings. The summed E-state index contributed by atoms with van der Waals surface area (Å²) in [6.07, 6.45) is 0.944. The van der Waals surface area contributed by atoms with Crippen molar-refractivity contribution < 1.29 is 4.74 Å². The summed E-state index contributed by atoms with van der Waals surface area (Å²) >= 11 is 0. The maximum atomic E-state index is 5.47. The third kappa shape index (κ3) is 3.39. The minimum absolute atomic E-state index is 0.732. The van der Waals surface area contributed by atoms with Gasteiger partial charge in [0.05, 0.1) is 12.7 Å². The average molecular weight is 285 g/mol. The van der Waals surface area contributed by atoms with E-state index in [1.165, 1.54) is 5.56 Å². The highest BCUT2D eigenvalue weighted by molar-refractivity contribution is 5.65. The summed E-state index contributed by atoms with van der Waals surface area (Å²) < 4.78 is 5.47. The monoisotopic (exact) mass is 285 g/mol. The Hall–Kier alpha value is -1.94. The van der Waals surface area contributed by atoms with Crippen molar-refractivity contribution in [3.63, 3.8) is 0 Å². The van der Waals surface area contributed by atoms with Gasteiger partial charge in [0.1, 0.15) is 5.75 Å². The standard InChI is InChI=1S/C17H23N3O/c1-11-6-7-15(16(10-11)21-5)17-19-12(2)14(8-9-18-4)13(3)20-17/h6-7,10,18H,8-9H2,1-5H3. The van der Waals surface area contributed by atoms with Gasteiger partial charge in [-0.15, -0.1) is 0 Å². The Balaban J connectivity index is 2.46. The predicted octanol–water partition coefficient (Wildman–Crippen LogP) is 2.84. The lowest BCUT2D eigenvalue weighted by atomic mass is 10.1. The van der Waals surface area contributed by atoms with Gasteiger partial charge in [-0.1, -0.05) is 6.07 Å². The normalized spacial score (nSPS) is 10.7. The zero-order valence-corrected chi connectivity index (χ0v) is 13.4. The van der Waals surface area contributed by atoms with E-state index in [1.807, 2.05) is 40.0 Å². The molecule has 0 atom stereocenters. The van der Waals surface area contributed by atoms with Crippen LogP contribution >= 0.6 is 0 Å². The number of aryl methyl sites for hydroxylation is 3. The van der Waals surface area contributed by atoms with Gasteiger partial charge in [-0.2, -0.15) is 0 Å². The molecule has 0 unspecified atom stereocenters. The number of rotatable bonds is 5. The van der Waals surface area contributed by atoms with Crippen molar-refractivity contribution in [1.82, 2.24) is 15.3 Å². The van der Waals surface area contributed by atoms with Crippen LogP contribution in [0.4, 0.5) is 0 Å². The second-order valence-electron chi connectivity index (χ2n) is 5.25. The molecule has 4 heteroatoms. The van der Waals surface area contributed by atoms with E-state index in [1.54, 1.807) is 7.11 Å². The zero-order valence-electron chi connectivity index (χ0n) is 13.4. The van der Waals surface area contributed by atoms with Gasteiger partial charge >= 0.3 is 0 Å². The van der Waals surface area contributed by atoms with Crippen LogP contribution < -0.4 is 10.1 Å². The molecule has 1 aromatic heterocycles. The Kier molecular flexibility index (Phi) is 4.91. The Labute approximate surface area is 126 Å². The number of ether oxygens (including phenoxy) is 1. The van der Waals surface area contributed by atoms with Gasteiger partial charge < -0.3 is 10.1 Å². The number of hydrogen-bond acceptors (Lipinski definition) is 4. The first-order valence-electron chi connectivity index (χ1n) is 7.20. The van der Waals surface area contributed by atoms with Crippen molar-refractivity contribution in [2.75, 3.05) is 20.7 Å². The Bertz CT molecular complexity index is 615. The second kappa shape index (κ2) is 6.68. The van der Waals surface area contributed by atoms with Crippen LogP contribution in [-0.2, 0) is 6.42 Å². The summed E-state index contributed by atoms with van der Waals surface area (Å²) in [6.45, 7) is 7.07. The van der Waals surface area contributed by atoms with E-state index in [4.69, 9.17) is 4.74 Å². The molecule has 1 N–H and O–H groups in total. The van der Waals surface area contributed by atoms with Crippen LogP contribution in [0.1, 0.15) is 22.5 Å². The maximum absolute atomic E-state index is 5.47. The van der Waals surface area contributed by atoms with Crippen molar-refractivity contribution in [2.24, 2.45) is 0 Å². The van der Waals surface area contributed by atoms with Gasteiger partial charge in [0, 0.05) is 11.4 Å². The van der Waals surface area contributed by atoms with Crippen LogP contribution in [0.15, 0.2) is 18.2 Å². The Morgan fingerprint density at radius 2 is 1.76 bits per heavy atom. The molecule has 0 bridgehead atoms. The number of nitrogens with one attached hydrogen (secondary N) is 1. The van der Waals surface area contributed by atoms with E-state index < -0.39 is 0 Å². The van der Waals surface area contributed by atoms with E-state index in [2.05, 4.69) is 21.4 Å². The molecule has 1 heterocycles. The summed E-state index contributed by atoms with van der Waals surface area (Å²) in [4.78, 5) is 9.35. The first-order chi connectivity index (χ1) is 10.1. The Morgan fingerprint density at radius 3 is 2.33 bits per heavy atom. The van der Waals surface area contributed by atoms with Gasteiger partial charge in [0.15, 0.2) is 5.82 Å². The highest BCUT2D eigenvalue weighted by atomic mass is 16.5. The summed E-state index contributed by atoms with van der Waals surface area (Å²) in [7, 11) is 3.64. The molecule has 21 heavy (non-hydrogen) atoms. The molecule has 2 aromatic rings. The lowest BCUT2D eigenvalue weighted by molar-refractivity contribution is 0.416. The van der Waals surface area contributed by atoms with Crippen molar-refractivity contribution in [3.05, 3.63) is 40.7 Å². The largest absolute Gasteiger partial charge is 0.496 e. The lowest BCUT2D eigenvalue weighted by Gasteiger charge is -2.13. The van der Waals surface area contributed by atoms with Crippen LogP contribution in [0.25, 0.3) is 11.4 Å². The van der Waals surface area contributed by atoms with Gasteiger partial charge in [-0.25, -0.2) is 9.97 Å². The van der Waals surface area contributed by atoms with Crippen molar-refractivity contribution in [3.8, 4) is 17.1 Å². The summed E-state index contributed by atoms with van der Waals surface area (Å²) in [6, 6.07) is 6.09. The van der Waals surface area contributed by atoms with Crippen LogP contribution in [0.3, 0.4) is 0 Å². The number of aromatic nitrogens is 2. The smallest absolute Gasteiger partial charge is 0.163 e. The minimum atomic E-state index is 0.732. The molecule has 0 saturated carbocycles. The fourth-order valence-corrected chi connectivity index (χ4v) is 2.45. The molecule has 0 aliphatic carbocycles. The average Bonchev–Trinajstić information content (AvgIpc) is 2.46. The number of methoxy groups -OCH3 is 1. The molecule has 4 nitrogen and oxygen atoms in total. The molecule has 2 rings (SSSR count). The number of benzene rings is 1. The van der Waals surface area contributed by atoms with Crippen LogP contribution in [-0.4, -0.2) is 30.7 Å². The van der Waals surface area contributed by atoms with Gasteiger partial charge in [0.25, 0.3) is 0 Å². The quantitative estimate of drug-likeness (QED) is 0.917. The molecule has 112 valence electrons. The predicted molar refractivity (Wildman–Crippen MR) is 85.9 cm³/mol. The molecular weight excluding hydrogens is 262 g/mol. The first kappa shape index (κ1) is 15.4.